The van der Waals surface area contributed by atoms with Gasteiger partial charge in [-0.15, -0.1) is 0 Å². The summed E-state index contributed by atoms with van der Waals surface area (Å²) in [6.45, 7) is 3.56. The number of piperidine rings is 1. The highest BCUT2D eigenvalue weighted by Gasteiger charge is 2.20. The first-order valence-electron chi connectivity index (χ1n) is 9.55. The number of nitrogens with zero attached hydrogens (tertiary/aromatic N) is 1. The van der Waals surface area contributed by atoms with Crippen LogP contribution in [0.15, 0.2) is 54.6 Å². The van der Waals surface area contributed by atoms with Crippen LogP contribution < -0.4 is 10.1 Å². The third-order valence-corrected chi connectivity index (χ3v) is 4.93. The smallest absolute Gasteiger partial charge is 0.407 e. The van der Waals surface area contributed by atoms with Crippen molar-refractivity contribution in [2.45, 2.75) is 31.8 Å². The van der Waals surface area contributed by atoms with Crippen molar-refractivity contribution in [1.82, 2.24) is 10.2 Å². The second-order valence-electron chi connectivity index (χ2n) is 6.91. The predicted molar refractivity (Wildman–Crippen MR) is 106 cm³/mol. The van der Waals surface area contributed by atoms with Crippen LogP contribution >= 0.6 is 0 Å². The van der Waals surface area contributed by atoms with Crippen LogP contribution in [0.5, 0.6) is 5.75 Å². The fraction of sp³-hybridized carbons (Fsp3) is 0.409. The summed E-state index contributed by atoms with van der Waals surface area (Å²) in [5.74, 6) is 0.913. The number of benzene rings is 2. The maximum Gasteiger partial charge on any atom is 0.407 e. The number of ether oxygens (including phenoxy) is 2. The fourth-order valence-electron chi connectivity index (χ4n) is 3.34. The molecule has 1 aliphatic rings. The number of rotatable bonds is 7. The Labute approximate surface area is 161 Å². The lowest BCUT2D eigenvalue weighted by Gasteiger charge is -2.32. The predicted octanol–water partition coefficient (Wildman–Crippen LogP) is 3.63. The van der Waals surface area contributed by atoms with Gasteiger partial charge in [-0.05, 0) is 36.1 Å². The van der Waals surface area contributed by atoms with E-state index in [1.165, 1.54) is 18.2 Å². The standard InChI is InChI=1S/C22H28N2O3/c1-26-22(25)23-20-11-14-24(15-12-20)17-19-7-9-21(10-8-19)27-16-13-18-5-3-2-4-6-18/h2-10,20H,11-17H2,1H3,(H,23,25). The van der Waals surface area contributed by atoms with E-state index in [-0.39, 0.29) is 12.1 Å². The molecule has 1 aliphatic heterocycles. The highest BCUT2D eigenvalue weighted by molar-refractivity contribution is 5.67. The first-order chi connectivity index (χ1) is 13.2. The van der Waals surface area contributed by atoms with Gasteiger partial charge in [0, 0.05) is 32.1 Å². The average Bonchev–Trinajstić information content (AvgIpc) is 2.71. The van der Waals surface area contributed by atoms with E-state index in [1.807, 2.05) is 18.2 Å². The van der Waals surface area contributed by atoms with Crippen LogP contribution in [-0.4, -0.2) is 43.8 Å². The minimum absolute atomic E-state index is 0.217. The highest BCUT2D eigenvalue weighted by atomic mass is 16.5. The molecule has 0 aliphatic carbocycles. The lowest BCUT2D eigenvalue weighted by molar-refractivity contribution is 0.150. The molecule has 1 N–H and O–H groups in total. The van der Waals surface area contributed by atoms with Crippen molar-refractivity contribution in [3.63, 3.8) is 0 Å². The van der Waals surface area contributed by atoms with Gasteiger partial charge < -0.3 is 14.8 Å². The third-order valence-electron chi connectivity index (χ3n) is 4.93. The molecule has 3 rings (SSSR count). The third kappa shape index (κ3) is 6.29. The summed E-state index contributed by atoms with van der Waals surface area (Å²) in [7, 11) is 1.40. The summed E-state index contributed by atoms with van der Waals surface area (Å²) in [4.78, 5) is 13.7. The van der Waals surface area contributed by atoms with Crippen LogP contribution in [0, 0.1) is 0 Å². The molecular weight excluding hydrogens is 340 g/mol. The molecule has 0 bridgehead atoms. The topological polar surface area (TPSA) is 50.8 Å². The van der Waals surface area contributed by atoms with Gasteiger partial charge in [0.1, 0.15) is 5.75 Å². The molecule has 0 aromatic heterocycles. The zero-order chi connectivity index (χ0) is 18.9. The Morgan fingerprint density at radius 2 is 1.74 bits per heavy atom. The SMILES string of the molecule is COC(=O)NC1CCN(Cc2ccc(OCCc3ccccc3)cc2)CC1. The Kier molecular flexibility index (Phi) is 7.11. The van der Waals surface area contributed by atoms with Crippen molar-refractivity contribution < 1.29 is 14.3 Å². The molecule has 1 amide bonds. The van der Waals surface area contributed by atoms with Crippen molar-refractivity contribution >= 4 is 6.09 Å². The lowest BCUT2D eigenvalue weighted by Crippen LogP contribution is -2.44. The molecule has 0 saturated carbocycles. The first-order valence-corrected chi connectivity index (χ1v) is 9.55. The largest absolute Gasteiger partial charge is 0.493 e. The van der Waals surface area contributed by atoms with Gasteiger partial charge in [0.05, 0.1) is 13.7 Å². The van der Waals surface area contributed by atoms with Gasteiger partial charge in [0.25, 0.3) is 0 Å². The number of amides is 1. The molecule has 0 atom stereocenters. The number of carbonyl (C=O) groups is 1. The normalized spacial score (nSPS) is 15.3. The summed E-state index contributed by atoms with van der Waals surface area (Å²) < 4.78 is 10.5. The molecular formula is C22H28N2O3. The van der Waals surface area contributed by atoms with E-state index < -0.39 is 0 Å². The number of nitrogens with one attached hydrogen (secondary N) is 1. The molecule has 2 aromatic rings. The Morgan fingerprint density at radius 1 is 1.04 bits per heavy atom. The van der Waals surface area contributed by atoms with Crippen LogP contribution in [0.4, 0.5) is 4.79 Å². The molecule has 2 aromatic carbocycles. The molecule has 5 heteroatoms. The highest BCUT2D eigenvalue weighted by Crippen LogP contribution is 2.17. The Morgan fingerprint density at radius 3 is 2.41 bits per heavy atom. The van der Waals surface area contributed by atoms with Crippen molar-refractivity contribution in [2.24, 2.45) is 0 Å². The monoisotopic (exact) mass is 368 g/mol. The van der Waals surface area contributed by atoms with Gasteiger partial charge in [0.2, 0.25) is 0 Å². The van der Waals surface area contributed by atoms with E-state index >= 15 is 0 Å². The van der Waals surface area contributed by atoms with E-state index in [0.29, 0.717) is 6.61 Å². The minimum atomic E-state index is -0.337. The van der Waals surface area contributed by atoms with Gasteiger partial charge >= 0.3 is 6.09 Å². The van der Waals surface area contributed by atoms with Crippen LogP contribution in [-0.2, 0) is 17.7 Å². The zero-order valence-electron chi connectivity index (χ0n) is 15.9. The quantitative estimate of drug-likeness (QED) is 0.811. The molecule has 27 heavy (non-hydrogen) atoms. The maximum absolute atomic E-state index is 11.3. The number of carbonyl (C=O) groups excluding carboxylic acids is 1. The molecule has 1 saturated heterocycles. The van der Waals surface area contributed by atoms with Crippen molar-refractivity contribution in [3.8, 4) is 5.75 Å². The van der Waals surface area contributed by atoms with E-state index in [4.69, 9.17) is 4.74 Å². The number of methoxy groups -OCH3 is 1. The van der Waals surface area contributed by atoms with Gasteiger partial charge in [-0.25, -0.2) is 4.79 Å². The van der Waals surface area contributed by atoms with Crippen LogP contribution in [0.1, 0.15) is 24.0 Å². The van der Waals surface area contributed by atoms with Crippen molar-refractivity contribution in [1.29, 1.82) is 0 Å². The number of likely N-dealkylation sites (tertiary alicyclic amines) is 1. The van der Waals surface area contributed by atoms with Crippen LogP contribution in [0.2, 0.25) is 0 Å². The van der Waals surface area contributed by atoms with Gasteiger partial charge in [0.15, 0.2) is 0 Å². The van der Waals surface area contributed by atoms with Crippen LogP contribution in [0.3, 0.4) is 0 Å². The number of hydrogen-bond acceptors (Lipinski definition) is 4. The molecule has 5 nitrogen and oxygen atoms in total. The Bertz CT molecular complexity index is 695. The van der Waals surface area contributed by atoms with Gasteiger partial charge in [-0.3, -0.25) is 4.90 Å². The van der Waals surface area contributed by atoms with E-state index in [0.717, 1.165) is 44.6 Å². The lowest BCUT2D eigenvalue weighted by atomic mass is 10.0. The number of hydrogen-bond donors (Lipinski definition) is 1. The molecule has 1 fully saturated rings. The molecule has 1 heterocycles. The van der Waals surface area contributed by atoms with E-state index in [1.54, 1.807) is 0 Å². The fourth-order valence-corrected chi connectivity index (χ4v) is 3.34. The molecule has 0 spiro atoms. The van der Waals surface area contributed by atoms with Gasteiger partial charge in [-0.2, -0.15) is 0 Å². The second-order valence-corrected chi connectivity index (χ2v) is 6.91. The zero-order valence-corrected chi connectivity index (χ0v) is 15.9. The van der Waals surface area contributed by atoms with E-state index in [9.17, 15) is 4.79 Å². The summed E-state index contributed by atoms with van der Waals surface area (Å²) in [6.07, 6.45) is 2.49. The molecule has 0 radical (unpaired) electrons. The number of alkyl carbamates (subject to hydrolysis) is 1. The summed E-state index contributed by atoms with van der Waals surface area (Å²) in [6, 6.07) is 19.0. The summed E-state index contributed by atoms with van der Waals surface area (Å²) in [5, 5.41) is 2.89. The average molecular weight is 368 g/mol. The molecule has 144 valence electrons. The van der Waals surface area contributed by atoms with Gasteiger partial charge in [-0.1, -0.05) is 42.5 Å². The maximum atomic E-state index is 11.3. The van der Waals surface area contributed by atoms with Crippen molar-refractivity contribution in [3.05, 3.63) is 65.7 Å². The van der Waals surface area contributed by atoms with Crippen molar-refractivity contribution in [2.75, 3.05) is 26.8 Å². The second kappa shape index (κ2) is 9.97. The Hall–Kier alpha value is -2.53. The summed E-state index contributed by atoms with van der Waals surface area (Å²) in [5.41, 5.74) is 2.57. The van der Waals surface area contributed by atoms with Crippen LogP contribution in [0.25, 0.3) is 0 Å². The Balaban J connectivity index is 1.38. The molecule has 0 unspecified atom stereocenters. The first kappa shape index (κ1) is 19.2. The summed E-state index contributed by atoms with van der Waals surface area (Å²) >= 11 is 0. The minimum Gasteiger partial charge on any atom is -0.493 e. The van der Waals surface area contributed by atoms with E-state index in [2.05, 4.69) is 51.4 Å².